The summed E-state index contributed by atoms with van der Waals surface area (Å²) >= 11 is 0. The first-order valence-electron chi connectivity index (χ1n) is 14.6. The lowest BCUT2D eigenvalue weighted by atomic mass is 9.85. The van der Waals surface area contributed by atoms with Gasteiger partial charge in [-0.3, -0.25) is 18.8 Å². The summed E-state index contributed by atoms with van der Waals surface area (Å²) in [4.78, 5) is 30.1. The van der Waals surface area contributed by atoms with E-state index in [2.05, 4.69) is 0 Å². The molecule has 1 unspecified atom stereocenters. The average molecular weight is 627 g/mol. The largest absolute Gasteiger partial charge is 0.416 e. The van der Waals surface area contributed by atoms with Crippen LogP contribution in [0.4, 0.5) is 22.0 Å². The third-order valence-electron chi connectivity index (χ3n) is 8.84. The fourth-order valence-electron chi connectivity index (χ4n) is 6.43. The minimum atomic E-state index is -4.88. The SMILES string of the molecule is NC(Cn1c(=O)c2c(n(Cc3c(F)cccc3C(F)(F)F)c1=O)COC21CCN(Cc2ccccc2F)CC1)c1ccccc1. The van der Waals surface area contributed by atoms with E-state index in [1.807, 2.05) is 4.90 Å². The Morgan fingerprint density at radius 2 is 1.51 bits per heavy atom. The van der Waals surface area contributed by atoms with Crippen molar-refractivity contribution in [2.75, 3.05) is 13.1 Å². The van der Waals surface area contributed by atoms with Gasteiger partial charge < -0.3 is 10.5 Å². The molecule has 1 spiro atoms. The number of alkyl halides is 3. The van der Waals surface area contributed by atoms with Crippen molar-refractivity contribution >= 4 is 0 Å². The molecule has 2 aliphatic rings. The average Bonchev–Trinajstić information content (AvgIpc) is 3.38. The number of aromatic nitrogens is 2. The van der Waals surface area contributed by atoms with E-state index in [-0.39, 0.29) is 30.2 Å². The fourth-order valence-corrected chi connectivity index (χ4v) is 6.43. The highest BCUT2D eigenvalue weighted by Gasteiger charge is 2.47. The Morgan fingerprint density at radius 1 is 0.844 bits per heavy atom. The molecule has 4 aromatic rings. The van der Waals surface area contributed by atoms with Crippen LogP contribution in [-0.4, -0.2) is 27.1 Å². The highest BCUT2D eigenvalue weighted by molar-refractivity contribution is 5.35. The summed E-state index contributed by atoms with van der Waals surface area (Å²) < 4.78 is 79.3. The normalized spacial score (nSPS) is 17.0. The summed E-state index contributed by atoms with van der Waals surface area (Å²) in [7, 11) is 0. The maximum Gasteiger partial charge on any atom is 0.416 e. The van der Waals surface area contributed by atoms with Gasteiger partial charge in [-0.2, -0.15) is 13.2 Å². The predicted molar refractivity (Wildman–Crippen MR) is 156 cm³/mol. The highest BCUT2D eigenvalue weighted by atomic mass is 19.4. The molecule has 1 fully saturated rings. The molecule has 2 aliphatic heterocycles. The van der Waals surface area contributed by atoms with E-state index in [0.717, 1.165) is 27.3 Å². The molecule has 12 heteroatoms. The lowest BCUT2D eigenvalue weighted by molar-refractivity contribution is -0.138. The van der Waals surface area contributed by atoms with Crippen LogP contribution in [0.3, 0.4) is 0 Å². The number of halogens is 5. The van der Waals surface area contributed by atoms with Gasteiger partial charge in [0, 0.05) is 36.8 Å². The smallest absolute Gasteiger partial charge is 0.364 e. The summed E-state index contributed by atoms with van der Waals surface area (Å²) in [5, 5.41) is 0. The Morgan fingerprint density at radius 3 is 2.20 bits per heavy atom. The van der Waals surface area contributed by atoms with Gasteiger partial charge in [0.15, 0.2) is 0 Å². The van der Waals surface area contributed by atoms with Crippen LogP contribution in [0.5, 0.6) is 0 Å². The zero-order valence-electron chi connectivity index (χ0n) is 24.2. The molecule has 3 aromatic carbocycles. The van der Waals surface area contributed by atoms with Gasteiger partial charge in [-0.1, -0.05) is 54.6 Å². The Kier molecular flexibility index (Phi) is 8.23. The molecule has 3 heterocycles. The molecular weight excluding hydrogens is 595 g/mol. The van der Waals surface area contributed by atoms with Gasteiger partial charge >= 0.3 is 11.9 Å². The quantitative estimate of drug-likeness (QED) is 0.290. The number of nitrogens with two attached hydrogens (primary N) is 1. The van der Waals surface area contributed by atoms with Crippen LogP contribution in [0.1, 0.15) is 52.4 Å². The van der Waals surface area contributed by atoms with Crippen LogP contribution >= 0.6 is 0 Å². The molecule has 7 nitrogen and oxygen atoms in total. The van der Waals surface area contributed by atoms with E-state index in [0.29, 0.717) is 43.6 Å². The topological polar surface area (TPSA) is 82.5 Å². The van der Waals surface area contributed by atoms with Crippen molar-refractivity contribution in [3.63, 3.8) is 0 Å². The van der Waals surface area contributed by atoms with Crippen molar-refractivity contribution in [1.82, 2.24) is 14.0 Å². The molecule has 2 N–H and O–H groups in total. The van der Waals surface area contributed by atoms with E-state index in [4.69, 9.17) is 10.5 Å². The summed E-state index contributed by atoms with van der Waals surface area (Å²) in [5.74, 6) is -1.45. The van der Waals surface area contributed by atoms with E-state index in [9.17, 15) is 31.5 Å². The minimum absolute atomic E-state index is 0.119. The van der Waals surface area contributed by atoms with Gasteiger partial charge in [0.25, 0.3) is 5.56 Å². The van der Waals surface area contributed by atoms with Crippen LogP contribution in [0.15, 0.2) is 82.4 Å². The molecule has 0 bridgehead atoms. The number of ether oxygens (including phenoxy) is 1. The van der Waals surface area contributed by atoms with Crippen molar-refractivity contribution < 1.29 is 26.7 Å². The maximum absolute atomic E-state index is 15.0. The summed E-state index contributed by atoms with van der Waals surface area (Å²) in [6, 6.07) is 17.1. The molecular formula is C33H31F5N4O3. The first-order valence-corrected chi connectivity index (χ1v) is 14.6. The molecule has 236 valence electrons. The molecule has 1 saturated heterocycles. The lowest BCUT2D eigenvalue weighted by Crippen LogP contribution is -2.49. The monoisotopic (exact) mass is 626 g/mol. The lowest BCUT2D eigenvalue weighted by Gasteiger charge is -2.39. The van der Waals surface area contributed by atoms with Crippen LogP contribution in [0.25, 0.3) is 0 Å². The highest BCUT2D eigenvalue weighted by Crippen LogP contribution is 2.43. The predicted octanol–water partition coefficient (Wildman–Crippen LogP) is 5.08. The number of hydrogen-bond donors (Lipinski definition) is 1. The van der Waals surface area contributed by atoms with Gasteiger partial charge in [0.05, 0.1) is 36.5 Å². The molecule has 0 saturated carbocycles. The molecule has 0 aliphatic carbocycles. The summed E-state index contributed by atoms with van der Waals surface area (Å²) in [5.41, 5.74) is 3.27. The van der Waals surface area contributed by atoms with Crippen molar-refractivity contribution in [3.8, 4) is 0 Å². The Bertz CT molecular complexity index is 1830. The van der Waals surface area contributed by atoms with Crippen LogP contribution < -0.4 is 17.0 Å². The fraction of sp³-hybridized carbons (Fsp3) is 0.333. The van der Waals surface area contributed by atoms with Crippen molar-refractivity contribution in [1.29, 1.82) is 0 Å². The van der Waals surface area contributed by atoms with Crippen LogP contribution in [-0.2, 0) is 42.8 Å². The minimum Gasteiger partial charge on any atom is -0.364 e. The van der Waals surface area contributed by atoms with Gasteiger partial charge in [0.1, 0.15) is 17.2 Å². The summed E-state index contributed by atoms with van der Waals surface area (Å²) in [6.45, 7) is -0.0215. The second-order valence-corrected chi connectivity index (χ2v) is 11.5. The number of benzene rings is 3. The van der Waals surface area contributed by atoms with Crippen molar-refractivity contribution in [2.45, 2.75) is 56.9 Å². The van der Waals surface area contributed by atoms with Crippen LogP contribution in [0.2, 0.25) is 0 Å². The molecule has 0 radical (unpaired) electrons. The molecule has 1 atom stereocenters. The Labute approximate surface area is 255 Å². The Hall–Kier alpha value is -4.13. The number of hydrogen-bond acceptors (Lipinski definition) is 5. The van der Waals surface area contributed by atoms with Gasteiger partial charge in [0.2, 0.25) is 0 Å². The van der Waals surface area contributed by atoms with E-state index in [1.165, 1.54) is 6.07 Å². The molecule has 0 amide bonds. The maximum atomic E-state index is 15.0. The standard InChI is InChI=1S/C33H31F5N4O3/c34-25-11-5-4-9-22(25)17-40-15-13-32(14-16-40)29-28(20-45-32)41(18-23-24(33(36,37)38)10-6-12-26(23)35)31(44)42(30(29)43)19-27(39)21-7-2-1-3-8-21/h1-12,27H,13-20,39H2. The molecule has 45 heavy (non-hydrogen) atoms. The van der Waals surface area contributed by atoms with Crippen LogP contribution in [0, 0.1) is 11.6 Å². The zero-order chi connectivity index (χ0) is 31.9. The number of piperidine rings is 1. The molecule has 6 rings (SSSR count). The van der Waals surface area contributed by atoms with E-state index < -0.39 is 52.6 Å². The van der Waals surface area contributed by atoms with Gasteiger partial charge in [-0.05, 0) is 36.6 Å². The third kappa shape index (κ3) is 5.85. The first kappa shape index (κ1) is 30.9. The second-order valence-electron chi connectivity index (χ2n) is 11.5. The van der Waals surface area contributed by atoms with Crippen molar-refractivity contribution in [2.24, 2.45) is 5.73 Å². The third-order valence-corrected chi connectivity index (χ3v) is 8.84. The number of rotatable bonds is 7. The summed E-state index contributed by atoms with van der Waals surface area (Å²) in [6.07, 6.45) is -4.24. The van der Waals surface area contributed by atoms with Gasteiger partial charge in [-0.25, -0.2) is 13.6 Å². The van der Waals surface area contributed by atoms with E-state index in [1.54, 1.807) is 48.5 Å². The van der Waals surface area contributed by atoms with Gasteiger partial charge in [-0.15, -0.1) is 0 Å². The second kappa shape index (κ2) is 12.0. The Balaban J connectivity index is 1.42. The molecule has 1 aromatic heterocycles. The number of nitrogens with zero attached hydrogens (tertiary/aromatic N) is 3. The van der Waals surface area contributed by atoms with E-state index >= 15 is 0 Å². The zero-order valence-corrected chi connectivity index (χ0v) is 24.2. The first-order chi connectivity index (χ1) is 21.5. The number of likely N-dealkylation sites (tertiary alicyclic amines) is 1. The van der Waals surface area contributed by atoms with Crippen molar-refractivity contribution in [3.05, 3.63) is 139 Å². The number of fused-ring (bicyclic) bond motifs is 2.